The molecule has 3 nitrogen and oxygen atoms in total. The van der Waals surface area contributed by atoms with E-state index in [1.807, 2.05) is 0 Å². The summed E-state index contributed by atoms with van der Waals surface area (Å²) in [7, 11) is 2.17. The second kappa shape index (κ2) is 5.08. The number of likely N-dealkylation sites (N-methyl/N-ethyl adjacent to an activating group) is 1. The van der Waals surface area contributed by atoms with Crippen molar-refractivity contribution in [3.05, 3.63) is 0 Å². The molecule has 3 heteroatoms. The maximum absolute atomic E-state index is 11.0. The SMILES string of the molecule is CCC(C)(C=O)CN1CCN(C)C(C)C1. The van der Waals surface area contributed by atoms with Gasteiger partial charge in [0.15, 0.2) is 0 Å². The van der Waals surface area contributed by atoms with E-state index in [1.54, 1.807) is 0 Å². The highest BCUT2D eigenvalue weighted by atomic mass is 16.1. The Balaban J connectivity index is 2.49. The minimum atomic E-state index is -0.157. The van der Waals surface area contributed by atoms with E-state index in [-0.39, 0.29) is 5.41 Å². The highest BCUT2D eigenvalue weighted by molar-refractivity contribution is 5.58. The van der Waals surface area contributed by atoms with Crippen molar-refractivity contribution in [2.45, 2.75) is 33.2 Å². The van der Waals surface area contributed by atoms with Crippen molar-refractivity contribution in [3.8, 4) is 0 Å². The van der Waals surface area contributed by atoms with Gasteiger partial charge in [0, 0.05) is 37.6 Å². The fourth-order valence-corrected chi connectivity index (χ4v) is 2.01. The Morgan fingerprint density at radius 1 is 1.47 bits per heavy atom. The highest BCUT2D eigenvalue weighted by Gasteiger charge is 2.28. The summed E-state index contributed by atoms with van der Waals surface area (Å²) in [6.07, 6.45) is 2.05. The van der Waals surface area contributed by atoms with E-state index in [1.165, 1.54) is 0 Å². The molecule has 0 aromatic rings. The molecule has 2 atom stereocenters. The summed E-state index contributed by atoms with van der Waals surface area (Å²) < 4.78 is 0. The van der Waals surface area contributed by atoms with E-state index in [9.17, 15) is 4.79 Å². The molecule has 0 radical (unpaired) electrons. The van der Waals surface area contributed by atoms with Crippen molar-refractivity contribution in [3.63, 3.8) is 0 Å². The smallest absolute Gasteiger partial charge is 0.127 e. The molecule has 0 spiro atoms. The van der Waals surface area contributed by atoms with E-state index in [0.717, 1.165) is 38.9 Å². The lowest BCUT2D eigenvalue weighted by atomic mass is 9.88. The molecular formula is C12H24N2O. The Morgan fingerprint density at radius 3 is 2.60 bits per heavy atom. The molecule has 15 heavy (non-hydrogen) atoms. The molecule has 1 aliphatic rings. The molecule has 1 fully saturated rings. The quantitative estimate of drug-likeness (QED) is 0.655. The summed E-state index contributed by atoms with van der Waals surface area (Å²) in [5.41, 5.74) is -0.157. The monoisotopic (exact) mass is 212 g/mol. The van der Waals surface area contributed by atoms with Crippen LogP contribution in [0.2, 0.25) is 0 Å². The third-order valence-electron chi connectivity index (χ3n) is 3.72. The second-order valence-corrected chi connectivity index (χ2v) is 5.19. The molecule has 0 bridgehead atoms. The van der Waals surface area contributed by atoms with Crippen molar-refractivity contribution in [2.75, 3.05) is 33.2 Å². The third kappa shape index (κ3) is 3.28. The molecule has 1 saturated heterocycles. The van der Waals surface area contributed by atoms with Gasteiger partial charge in [-0.05, 0) is 20.4 Å². The van der Waals surface area contributed by atoms with Gasteiger partial charge in [0.05, 0.1) is 0 Å². The minimum Gasteiger partial charge on any atom is -0.303 e. The molecule has 1 rings (SSSR count). The lowest BCUT2D eigenvalue weighted by Gasteiger charge is -2.40. The van der Waals surface area contributed by atoms with E-state index < -0.39 is 0 Å². The number of hydrogen-bond acceptors (Lipinski definition) is 3. The molecule has 88 valence electrons. The fourth-order valence-electron chi connectivity index (χ4n) is 2.01. The first-order valence-corrected chi connectivity index (χ1v) is 5.89. The highest BCUT2D eigenvalue weighted by Crippen LogP contribution is 2.21. The van der Waals surface area contributed by atoms with Gasteiger partial charge in [-0.3, -0.25) is 4.90 Å². The first-order valence-electron chi connectivity index (χ1n) is 5.89. The first kappa shape index (κ1) is 12.7. The van der Waals surface area contributed by atoms with Crippen LogP contribution in [0.3, 0.4) is 0 Å². The van der Waals surface area contributed by atoms with Crippen molar-refractivity contribution in [1.29, 1.82) is 0 Å². The van der Waals surface area contributed by atoms with Crippen molar-refractivity contribution in [2.24, 2.45) is 5.41 Å². The average Bonchev–Trinajstić information content (AvgIpc) is 2.23. The Bertz CT molecular complexity index is 220. The van der Waals surface area contributed by atoms with Gasteiger partial charge in [-0.1, -0.05) is 13.8 Å². The third-order valence-corrected chi connectivity index (χ3v) is 3.72. The van der Waals surface area contributed by atoms with Crippen LogP contribution in [0.25, 0.3) is 0 Å². The predicted octanol–water partition coefficient (Wildman–Crippen LogP) is 1.24. The summed E-state index contributed by atoms with van der Waals surface area (Å²) >= 11 is 0. The Kier molecular flexibility index (Phi) is 4.29. The second-order valence-electron chi connectivity index (χ2n) is 5.19. The van der Waals surface area contributed by atoms with Gasteiger partial charge >= 0.3 is 0 Å². The number of rotatable bonds is 4. The van der Waals surface area contributed by atoms with Gasteiger partial charge in [-0.2, -0.15) is 0 Å². The van der Waals surface area contributed by atoms with Gasteiger partial charge < -0.3 is 9.69 Å². The molecule has 1 aliphatic heterocycles. The summed E-state index contributed by atoms with van der Waals surface area (Å²) in [5, 5.41) is 0. The standard InChI is InChI=1S/C12H24N2O/c1-5-12(3,10-15)9-14-7-6-13(4)11(2)8-14/h10-11H,5-9H2,1-4H3. The zero-order valence-corrected chi connectivity index (χ0v) is 10.5. The lowest BCUT2D eigenvalue weighted by molar-refractivity contribution is -0.117. The van der Waals surface area contributed by atoms with Gasteiger partial charge in [-0.25, -0.2) is 0 Å². The first-order chi connectivity index (χ1) is 7.00. The van der Waals surface area contributed by atoms with Crippen LogP contribution in [-0.2, 0) is 4.79 Å². The summed E-state index contributed by atoms with van der Waals surface area (Å²) in [4.78, 5) is 15.8. The Labute approximate surface area is 93.4 Å². The predicted molar refractivity (Wildman–Crippen MR) is 63.0 cm³/mol. The normalized spacial score (nSPS) is 28.7. The number of carbonyl (C=O) groups is 1. The van der Waals surface area contributed by atoms with Crippen LogP contribution < -0.4 is 0 Å². The molecular weight excluding hydrogens is 188 g/mol. The molecule has 2 unspecified atom stereocenters. The maximum atomic E-state index is 11.0. The molecule has 0 aromatic heterocycles. The van der Waals surface area contributed by atoms with Crippen molar-refractivity contribution >= 4 is 6.29 Å². The van der Waals surface area contributed by atoms with Crippen LogP contribution in [0, 0.1) is 5.41 Å². The van der Waals surface area contributed by atoms with Crippen molar-refractivity contribution < 1.29 is 4.79 Å². The van der Waals surface area contributed by atoms with Crippen LogP contribution in [0.1, 0.15) is 27.2 Å². The summed E-state index contributed by atoms with van der Waals surface area (Å²) in [5.74, 6) is 0. The van der Waals surface area contributed by atoms with Crippen LogP contribution in [0.15, 0.2) is 0 Å². The lowest BCUT2D eigenvalue weighted by Crippen LogP contribution is -2.52. The van der Waals surface area contributed by atoms with Gasteiger partial charge in [-0.15, -0.1) is 0 Å². The summed E-state index contributed by atoms with van der Waals surface area (Å²) in [6, 6.07) is 0.603. The average molecular weight is 212 g/mol. The van der Waals surface area contributed by atoms with Gasteiger partial charge in [0.2, 0.25) is 0 Å². The minimum absolute atomic E-state index is 0.157. The zero-order chi connectivity index (χ0) is 11.5. The van der Waals surface area contributed by atoms with Crippen LogP contribution in [0.5, 0.6) is 0 Å². The molecule has 1 heterocycles. The van der Waals surface area contributed by atoms with Crippen molar-refractivity contribution in [1.82, 2.24) is 9.80 Å². The Hall–Kier alpha value is -0.410. The molecule has 0 aliphatic carbocycles. The Morgan fingerprint density at radius 2 is 2.13 bits per heavy atom. The van der Waals surface area contributed by atoms with Crippen LogP contribution >= 0.6 is 0 Å². The molecule has 0 N–H and O–H groups in total. The fraction of sp³-hybridized carbons (Fsp3) is 0.917. The number of carbonyl (C=O) groups excluding carboxylic acids is 1. The van der Waals surface area contributed by atoms with Gasteiger partial charge in [0.1, 0.15) is 6.29 Å². The number of hydrogen-bond donors (Lipinski definition) is 0. The van der Waals surface area contributed by atoms with Crippen LogP contribution in [0.4, 0.5) is 0 Å². The topological polar surface area (TPSA) is 23.6 Å². The largest absolute Gasteiger partial charge is 0.303 e. The van der Waals surface area contributed by atoms with Crippen LogP contribution in [-0.4, -0.2) is 55.4 Å². The maximum Gasteiger partial charge on any atom is 0.127 e. The molecule has 0 aromatic carbocycles. The number of piperazine rings is 1. The van der Waals surface area contributed by atoms with E-state index in [4.69, 9.17) is 0 Å². The van der Waals surface area contributed by atoms with E-state index in [2.05, 4.69) is 37.6 Å². The van der Waals surface area contributed by atoms with E-state index >= 15 is 0 Å². The molecule has 0 saturated carbocycles. The number of nitrogens with zero attached hydrogens (tertiary/aromatic N) is 2. The zero-order valence-electron chi connectivity index (χ0n) is 10.5. The summed E-state index contributed by atoms with van der Waals surface area (Å²) in [6.45, 7) is 10.6. The van der Waals surface area contributed by atoms with E-state index in [0.29, 0.717) is 6.04 Å². The number of aldehydes is 1. The van der Waals surface area contributed by atoms with Gasteiger partial charge in [0.25, 0.3) is 0 Å². The molecule has 0 amide bonds.